The monoisotopic (exact) mass is 358 g/mol. The van der Waals surface area contributed by atoms with Crippen molar-refractivity contribution >= 4 is 23.0 Å². The quantitative estimate of drug-likeness (QED) is 0.678. The lowest BCUT2D eigenvalue weighted by Crippen LogP contribution is -2.27. The molecule has 0 aliphatic heterocycles. The average Bonchev–Trinajstić information content (AvgIpc) is 3.11. The van der Waals surface area contributed by atoms with Crippen molar-refractivity contribution < 1.29 is 13.7 Å². The van der Waals surface area contributed by atoms with Crippen LogP contribution in [-0.2, 0) is 6.54 Å². The molecular weight excluding hydrogens is 343 g/mol. The lowest BCUT2D eigenvalue weighted by atomic mass is 10.2. The summed E-state index contributed by atoms with van der Waals surface area (Å²) in [4.78, 5) is 4.31. The number of anilines is 1. The van der Waals surface area contributed by atoms with E-state index in [4.69, 9.17) is 21.5 Å². The molecule has 128 valence electrons. The van der Waals surface area contributed by atoms with Crippen LogP contribution in [-0.4, -0.2) is 22.4 Å². The van der Waals surface area contributed by atoms with Gasteiger partial charge >= 0.3 is 0 Å². The summed E-state index contributed by atoms with van der Waals surface area (Å²) in [6.45, 7) is 0.274. The summed E-state index contributed by atoms with van der Waals surface area (Å²) in [7, 11) is 1.61. The summed E-state index contributed by atoms with van der Waals surface area (Å²) in [6, 6.07) is 13.2. The van der Waals surface area contributed by atoms with Crippen molar-refractivity contribution in [2.45, 2.75) is 6.54 Å². The second-order valence-corrected chi connectivity index (χ2v) is 5.46. The van der Waals surface area contributed by atoms with Gasteiger partial charge in [-0.15, -0.1) is 0 Å². The van der Waals surface area contributed by atoms with E-state index in [-0.39, 0.29) is 12.4 Å². The van der Waals surface area contributed by atoms with Gasteiger partial charge < -0.3 is 19.9 Å². The van der Waals surface area contributed by atoms with Crippen molar-refractivity contribution in [3.05, 3.63) is 60.2 Å². The van der Waals surface area contributed by atoms with Gasteiger partial charge in [0.2, 0.25) is 11.7 Å². The van der Waals surface area contributed by atoms with Crippen molar-refractivity contribution in [3.63, 3.8) is 0 Å². The van der Waals surface area contributed by atoms with Crippen molar-refractivity contribution in [1.82, 2.24) is 15.5 Å². The van der Waals surface area contributed by atoms with Crippen LogP contribution in [0, 0.1) is 5.82 Å². The normalized spacial score (nSPS) is 10.3. The Hall–Kier alpha value is -3.00. The minimum absolute atomic E-state index is 0.274. The molecule has 2 aromatic carbocycles. The fourth-order valence-corrected chi connectivity index (χ4v) is 2.24. The molecule has 0 bridgehead atoms. The van der Waals surface area contributed by atoms with E-state index in [2.05, 4.69) is 20.8 Å². The summed E-state index contributed by atoms with van der Waals surface area (Å²) in [5.41, 5.74) is 1.51. The highest BCUT2D eigenvalue weighted by Gasteiger charge is 2.09. The zero-order valence-corrected chi connectivity index (χ0v) is 14.1. The first-order chi connectivity index (χ1) is 12.1. The highest BCUT2D eigenvalue weighted by atomic mass is 32.1. The van der Waals surface area contributed by atoms with Crippen LogP contribution in [0.1, 0.15) is 5.89 Å². The van der Waals surface area contributed by atoms with Crippen LogP contribution in [0.2, 0.25) is 0 Å². The first-order valence-electron chi connectivity index (χ1n) is 7.41. The van der Waals surface area contributed by atoms with Gasteiger partial charge in [0.05, 0.1) is 13.7 Å². The number of hydrogen-bond donors (Lipinski definition) is 2. The fourth-order valence-electron chi connectivity index (χ4n) is 2.05. The van der Waals surface area contributed by atoms with Crippen LogP contribution in [0.15, 0.2) is 53.1 Å². The van der Waals surface area contributed by atoms with Gasteiger partial charge in [-0.3, -0.25) is 0 Å². The molecule has 0 atom stereocenters. The number of nitrogens with zero attached hydrogens (tertiary/aromatic N) is 2. The third kappa shape index (κ3) is 4.51. The number of rotatable bonds is 5. The van der Waals surface area contributed by atoms with Gasteiger partial charge in [0.1, 0.15) is 11.6 Å². The minimum atomic E-state index is -0.304. The smallest absolute Gasteiger partial charge is 0.246 e. The molecule has 6 nitrogen and oxygen atoms in total. The molecule has 1 heterocycles. The Morgan fingerprint density at radius 2 is 1.88 bits per heavy atom. The van der Waals surface area contributed by atoms with Crippen LogP contribution >= 0.6 is 12.2 Å². The predicted molar refractivity (Wildman–Crippen MR) is 95.7 cm³/mol. The Morgan fingerprint density at radius 3 is 2.56 bits per heavy atom. The molecule has 25 heavy (non-hydrogen) atoms. The zero-order valence-electron chi connectivity index (χ0n) is 13.3. The number of methoxy groups -OCH3 is 1. The summed E-state index contributed by atoms with van der Waals surface area (Å²) in [6.07, 6.45) is 0. The van der Waals surface area contributed by atoms with E-state index in [1.54, 1.807) is 19.2 Å². The summed E-state index contributed by atoms with van der Waals surface area (Å²) >= 11 is 5.18. The van der Waals surface area contributed by atoms with E-state index in [1.165, 1.54) is 12.1 Å². The third-order valence-corrected chi connectivity index (χ3v) is 3.56. The molecule has 0 amide bonds. The Labute approximate surface area is 149 Å². The van der Waals surface area contributed by atoms with E-state index in [0.717, 1.165) is 11.3 Å². The molecule has 0 saturated carbocycles. The molecule has 2 N–H and O–H groups in total. The summed E-state index contributed by atoms with van der Waals surface area (Å²) < 4.78 is 23.2. The van der Waals surface area contributed by atoms with E-state index >= 15 is 0 Å². The number of halogens is 1. The molecule has 0 radical (unpaired) electrons. The van der Waals surface area contributed by atoms with Gasteiger partial charge in [0.25, 0.3) is 0 Å². The number of nitrogens with one attached hydrogen (secondary N) is 2. The standard InChI is InChI=1S/C17H15FN4O2S/c1-23-14-8-2-11(3-9-14)16-21-15(24-22-16)10-19-17(25)20-13-6-4-12(18)5-7-13/h2-9H,10H2,1H3,(H2,19,20,25). The number of thiocarbonyl (C=S) groups is 1. The molecule has 3 rings (SSSR count). The Kier molecular flexibility index (Phi) is 5.20. The van der Waals surface area contributed by atoms with Crippen molar-refractivity contribution in [2.75, 3.05) is 12.4 Å². The van der Waals surface area contributed by atoms with E-state index in [1.807, 2.05) is 24.3 Å². The van der Waals surface area contributed by atoms with Crippen molar-refractivity contribution in [1.29, 1.82) is 0 Å². The largest absolute Gasteiger partial charge is 0.497 e. The summed E-state index contributed by atoms with van der Waals surface area (Å²) in [5.74, 6) is 1.33. The zero-order chi connectivity index (χ0) is 17.6. The van der Waals surface area contributed by atoms with Gasteiger partial charge in [0, 0.05) is 11.3 Å². The van der Waals surface area contributed by atoms with Crippen LogP contribution < -0.4 is 15.4 Å². The van der Waals surface area contributed by atoms with Gasteiger partial charge in [-0.25, -0.2) is 4.39 Å². The van der Waals surface area contributed by atoms with Crippen LogP contribution in [0.3, 0.4) is 0 Å². The number of hydrogen-bond acceptors (Lipinski definition) is 5. The number of benzene rings is 2. The molecule has 0 fully saturated rings. The van der Waals surface area contributed by atoms with Gasteiger partial charge in [-0.1, -0.05) is 5.16 Å². The molecule has 0 saturated heterocycles. The molecule has 0 aliphatic rings. The molecule has 0 aliphatic carbocycles. The maximum absolute atomic E-state index is 12.9. The molecule has 3 aromatic rings. The molecule has 1 aromatic heterocycles. The molecule has 0 unspecified atom stereocenters. The van der Waals surface area contributed by atoms with E-state index in [0.29, 0.717) is 22.5 Å². The lowest BCUT2D eigenvalue weighted by molar-refractivity contribution is 0.376. The SMILES string of the molecule is COc1ccc(-c2noc(CNC(=S)Nc3ccc(F)cc3)n2)cc1. The summed E-state index contributed by atoms with van der Waals surface area (Å²) in [5, 5.41) is 10.2. The molecule has 0 spiro atoms. The Morgan fingerprint density at radius 1 is 1.16 bits per heavy atom. The third-order valence-electron chi connectivity index (χ3n) is 3.32. The van der Waals surface area contributed by atoms with Gasteiger partial charge in [0.15, 0.2) is 5.11 Å². The highest BCUT2D eigenvalue weighted by Crippen LogP contribution is 2.19. The first kappa shape index (κ1) is 16.8. The highest BCUT2D eigenvalue weighted by molar-refractivity contribution is 7.80. The molecule has 8 heteroatoms. The Balaban J connectivity index is 1.55. The van der Waals surface area contributed by atoms with Crippen molar-refractivity contribution in [3.8, 4) is 17.1 Å². The van der Waals surface area contributed by atoms with Crippen LogP contribution in [0.25, 0.3) is 11.4 Å². The van der Waals surface area contributed by atoms with Gasteiger partial charge in [-0.2, -0.15) is 4.98 Å². The number of ether oxygens (including phenoxy) is 1. The van der Waals surface area contributed by atoms with Gasteiger partial charge in [-0.05, 0) is 60.7 Å². The second kappa shape index (κ2) is 7.71. The second-order valence-electron chi connectivity index (χ2n) is 5.05. The molecular formula is C17H15FN4O2S. The Bertz CT molecular complexity index is 850. The number of aromatic nitrogens is 2. The van der Waals surface area contributed by atoms with Crippen molar-refractivity contribution in [2.24, 2.45) is 0 Å². The first-order valence-corrected chi connectivity index (χ1v) is 7.82. The topological polar surface area (TPSA) is 72.2 Å². The minimum Gasteiger partial charge on any atom is -0.497 e. The average molecular weight is 358 g/mol. The van der Waals surface area contributed by atoms with Crippen LogP contribution in [0.4, 0.5) is 10.1 Å². The van der Waals surface area contributed by atoms with Crippen LogP contribution in [0.5, 0.6) is 5.75 Å². The fraction of sp³-hybridized carbons (Fsp3) is 0.118. The van der Waals surface area contributed by atoms with E-state index < -0.39 is 0 Å². The lowest BCUT2D eigenvalue weighted by Gasteiger charge is -2.08. The maximum Gasteiger partial charge on any atom is 0.246 e. The maximum atomic E-state index is 12.9. The van der Waals surface area contributed by atoms with E-state index in [9.17, 15) is 4.39 Å². The predicted octanol–water partition coefficient (Wildman–Crippen LogP) is 3.37.